The summed E-state index contributed by atoms with van der Waals surface area (Å²) in [5, 5.41) is 7.16. The standard InChI is InChI=1S/C10H16ClN3O2/c1-10(2,6-16-4)13-7-5-12-14(3)9(15)8(7)11/h5,13H,6H2,1-4H3. The van der Waals surface area contributed by atoms with E-state index in [4.69, 9.17) is 16.3 Å². The summed E-state index contributed by atoms with van der Waals surface area (Å²) < 4.78 is 6.25. The van der Waals surface area contributed by atoms with E-state index in [1.54, 1.807) is 14.2 Å². The predicted molar refractivity (Wildman–Crippen MR) is 64.1 cm³/mol. The fourth-order valence-electron chi connectivity index (χ4n) is 1.36. The number of hydrogen-bond donors (Lipinski definition) is 1. The lowest BCUT2D eigenvalue weighted by atomic mass is 10.1. The molecule has 0 fully saturated rings. The number of aryl methyl sites for hydroxylation is 1. The molecule has 0 aliphatic carbocycles. The number of aromatic nitrogens is 2. The van der Waals surface area contributed by atoms with Crippen molar-refractivity contribution in [3.05, 3.63) is 21.6 Å². The fourth-order valence-corrected chi connectivity index (χ4v) is 1.58. The first-order chi connectivity index (χ1) is 7.37. The van der Waals surface area contributed by atoms with Gasteiger partial charge in [0, 0.05) is 14.2 Å². The summed E-state index contributed by atoms with van der Waals surface area (Å²) in [4.78, 5) is 11.5. The van der Waals surface area contributed by atoms with E-state index in [0.29, 0.717) is 12.3 Å². The van der Waals surface area contributed by atoms with Crippen LogP contribution in [0.1, 0.15) is 13.8 Å². The number of rotatable bonds is 4. The maximum atomic E-state index is 11.5. The number of halogens is 1. The highest BCUT2D eigenvalue weighted by atomic mass is 35.5. The van der Waals surface area contributed by atoms with Crippen molar-refractivity contribution in [2.75, 3.05) is 19.0 Å². The second-order valence-corrected chi connectivity index (χ2v) is 4.62. The fraction of sp³-hybridized carbons (Fsp3) is 0.600. The van der Waals surface area contributed by atoms with Gasteiger partial charge in [0.15, 0.2) is 0 Å². The van der Waals surface area contributed by atoms with Gasteiger partial charge in [0.05, 0.1) is 24.0 Å². The Morgan fingerprint density at radius 1 is 1.62 bits per heavy atom. The Morgan fingerprint density at radius 3 is 2.81 bits per heavy atom. The molecule has 0 atom stereocenters. The molecule has 16 heavy (non-hydrogen) atoms. The lowest BCUT2D eigenvalue weighted by molar-refractivity contribution is 0.158. The van der Waals surface area contributed by atoms with Crippen LogP contribution in [0.25, 0.3) is 0 Å². The molecule has 1 heterocycles. The van der Waals surface area contributed by atoms with Crippen molar-refractivity contribution in [2.24, 2.45) is 7.05 Å². The molecule has 0 aromatic carbocycles. The molecule has 0 saturated carbocycles. The number of methoxy groups -OCH3 is 1. The average Bonchev–Trinajstić information content (AvgIpc) is 2.19. The number of nitrogens with one attached hydrogen (secondary N) is 1. The normalized spacial score (nSPS) is 11.6. The molecule has 90 valence electrons. The third-order valence-corrected chi connectivity index (χ3v) is 2.42. The molecule has 1 aromatic rings. The van der Waals surface area contributed by atoms with Gasteiger partial charge < -0.3 is 10.1 Å². The van der Waals surface area contributed by atoms with Crippen molar-refractivity contribution in [3.63, 3.8) is 0 Å². The van der Waals surface area contributed by atoms with Gasteiger partial charge in [-0.15, -0.1) is 0 Å². The number of nitrogens with zero attached hydrogens (tertiary/aromatic N) is 2. The molecule has 0 aliphatic heterocycles. The minimum absolute atomic E-state index is 0.140. The van der Waals surface area contributed by atoms with Gasteiger partial charge in [0.25, 0.3) is 5.56 Å². The van der Waals surface area contributed by atoms with Gasteiger partial charge in [-0.1, -0.05) is 11.6 Å². The molecule has 0 amide bonds. The monoisotopic (exact) mass is 245 g/mol. The second-order valence-electron chi connectivity index (χ2n) is 4.24. The maximum Gasteiger partial charge on any atom is 0.287 e. The van der Waals surface area contributed by atoms with Crippen molar-refractivity contribution >= 4 is 17.3 Å². The molecule has 1 N–H and O–H groups in total. The van der Waals surface area contributed by atoms with Crippen LogP contribution in [-0.4, -0.2) is 29.0 Å². The minimum atomic E-state index is -0.320. The first kappa shape index (κ1) is 13.0. The van der Waals surface area contributed by atoms with E-state index in [1.807, 2.05) is 13.8 Å². The molecular formula is C10H16ClN3O2. The van der Waals surface area contributed by atoms with Crippen LogP contribution in [0.2, 0.25) is 5.02 Å². The highest BCUT2D eigenvalue weighted by molar-refractivity contribution is 6.32. The minimum Gasteiger partial charge on any atom is -0.382 e. The molecule has 1 aromatic heterocycles. The van der Waals surface area contributed by atoms with Crippen molar-refractivity contribution in [3.8, 4) is 0 Å². The van der Waals surface area contributed by atoms with Crippen LogP contribution in [-0.2, 0) is 11.8 Å². The summed E-state index contributed by atoms with van der Waals surface area (Å²) in [7, 11) is 3.17. The zero-order chi connectivity index (χ0) is 12.3. The molecule has 0 spiro atoms. The van der Waals surface area contributed by atoms with Gasteiger partial charge in [0.2, 0.25) is 0 Å². The third kappa shape index (κ3) is 2.96. The Labute approximate surface area is 99.4 Å². The largest absolute Gasteiger partial charge is 0.382 e. The van der Waals surface area contributed by atoms with E-state index in [1.165, 1.54) is 10.9 Å². The van der Waals surface area contributed by atoms with Crippen molar-refractivity contribution in [1.82, 2.24) is 9.78 Å². The SMILES string of the molecule is COCC(C)(C)Nc1cnn(C)c(=O)c1Cl. The zero-order valence-corrected chi connectivity index (χ0v) is 10.6. The molecule has 0 saturated heterocycles. The van der Waals surface area contributed by atoms with Crippen LogP contribution in [0.4, 0.5) is 5.69 Å². The van der Waals surface area contributed by atoms with Gasteiger partial charge in [-0.3, -0.25) is 4.79 Å². The molecule has 5 nitrogen and oxygen atoms in total. The molecule has 1 rings (SSSR count). The molecule has 0 radical (unpaired) electrons. The summed E-state index contributed by atoms with van der Waals surface area (Å²) in [5.74, 6) is 0. The summed E-state index contributed by atoms with van der Waals surface area (Å²) in [5.41, 5.74) is -0.112. The second kappa shape index (κ2) is 4.84. The molecule has 0 unspecified atom stereocenters. The Bertz CT molecular complexity index is 429. The Kier molecular flexibility index (Phi) is 3.93. The Balaban J connectivity index is 2.99. The highest BCUT2D eigenvalue weighted by Gasteiger charge is 2.19. The van der Waals surface area contributed by atoms with E-state index in [9.17, 15) is 4.79 Å². The van der Waals surface area contributed by atoms with Crippen molar-refractivity contribution < 1.29 is 4.74 Å². The highest BCUT2D eigenvalue weighted by Crippen LogP contribution is 2.20. The molecule has 0 aliphatic rings. The van der Waals surface area contributed by atoms with E-state index < -0.39 is 0 Å². The van der Waals surface area contributed by atoms with Crippen molar-refractivity contribution in [2.45, 2.75) is 19.4 Å². The number of hydrogen-bond acceptors (Lipinski definition) is 4. The number of anilines is 1. The van der Waals surface area contributed by atoms with Gasteiger partial charge in [-0.25, -0.2) is 4.68 Å². The Morgan fingerprint density at radius 2 is 2.25 bits per heavy atom. The maximum absolute atomic E-state index is 11.5. The van der Waals surface area contributed by atoms with Gasteiger partial charge in [0.1, 0.15) is 5.02 Å². The quantitative estimate of drug-likeness (QED) is 0.868. The summed E-state index contributed by atoms with van der Waals surface area (Å²) in [6.07, 6.45) is 1.53. The lowest BCUT2D eigenvalue weighted by Crippen LogP contribution is -2.37. The number of ether oxygens (including phenoxy) is 1. The van der Waals surface area contributed by atoms with E-state index in [2.05, 4.69) is 10.4 Å². The molecule has 6 heteroatoms. The molecule has 0 bridgehead atoms. The zero-order valence-electron chi connectivity index (χ0n) is 9.87. The van der Waals surface area contributed by atoms with E-state index in [0.717, 1.165) is 0 Å². The van der Waals surface area contributed by atoms with E-state index in [-0.39, 0.29) is 16.1 Å². The van der Waals surface area contributed by atoms with Crippen LogP contribution < -0.4 is 10.9 Å². The van der Waals surface area contributed by atoms with Gasteiger partial charge >= 0.3 is 0 Å². The van der Waals surface area contributed by atoms with Crippen LogP contribution in [0.15, 0.2) is 11.0 Å². The van der Waals surface area contributed by atoms with Crippen LogP contribution in [0, 0.1) is 0 Å². The Hall–Kier alpha value is -1.07. The molecular weight excluding hydrogens is 230 g/mol. The van der Waals surface area contributed by atoms with Crippen molar-refractivity contribution in [1.29, 1.82) is 0 Å². The van der Waals surface area contributed by atoms with Crippen LogP contribution in [0.5, 0.6) is 0 Å². The van der Waals surface area contributed by atoms with Crippen LogP contribution in [0.3, 0.4) is 0 Å². The lowest BCUT2D eigenvalue weighted by Gasteiger charge is -2.26. The summed E-state index contributed by atoms with van der Waals surface area (Å²) >= 11 is 5.93. The van der Waals surface area contributed by atoms with Gasteiger partial charge in [-0.2, -0.15) is 5.10 Å². The first-order valence-corrected chi connectivity index (χ1v) is 5.24. The average molecular weight is 246 g/mol. The van der Waals surface area contributed by atoms with Gasteiger partial charge in [-0.05, 0) is 13.8 Å². The first-order valence-electron chi connectivity index (χ1n) is 4.86. The third-order valence-electron chi connectivity index (χ3n) is 2.06. The summed E-state index contributed by atoms with van der Waals surface area (Å²) in [6.45, 7) is 4.40. The van der Waals surface area contributed by atoms with Crippen LogP contribution >= 0.6 is 11.6 Å². The predicted octanol–water partition coefficient (Wildman–Crippen LogP) is 1.27. The smallest absolute Gasteiger partial charge is 0.287 e. The topological polar surface area (TPSA) is 56.1 Å². The summed E-state index contributed by atoms with van der Waals surface area (Å²) in [6, 6.07) is 0. The van der Waals surface area contributed by atoms with E-state index >= 15 is 0 Å².